The van der Waals surface area contributed by atoms with Gasteiger partial charge in [-0.05, 0) is 88.9 Å². The standard InChI is InChI=1S/C35H67NO2/c1-10-34(8,25-15-22-30(6)18-12-17-28(3)4)32(37)24-14-21-29(5)19-13-20-31(7)23-16-26-35(9,11-2)33(38)27-36/h11,19,23,28,30,32-33,37-38H,2,10,12-18,20-22,24-27,36H2,1,3-9H3/b29-19+,31-23+. The molecule has 0 aliphatic carbocycles. The summed E-state index contributed by atoms with van der Waals surface area (Å²) < 4.78 is 0. The van der Waals surface area contributed by atoms with Crippen molar-refractivity contribution < 1.29 is 10.2 Å². The molecule has 0 spiro atoms. The monoisotopic (exact) mass is 534 g/mol. The van der Waals surface area contributed by atoms with E-state index in [1.165, 1.54) is 43.3 Å². The predicted octanol–water partition coefficient (Wildman–Crippen LogP) is 9.53. The number of nitrogens with two attached hydrogens (primary N) is 1. The molecule has 0 fully saturated rings. The molecular formula is C35H67NO2. The van der Waals surface area contributed by atoms with Gasteiger partial charge in [-0.1, -0.05) is 103 Å². The molecule has 0 aromatic carbocycles. The van der Waals surface area contributed by atoms with Crippen molar-refractivity contribution in [1.29, 1.82) is 0 Å². The average Bonchev–Trinajstić information content (AvgIpc) is 2.87. The van der Waals surface area contributed by atoms with Crippen LogP contribution >= 0.6 is 0 Å². The topological polar surface area (TPSA) is 66.5 Å². The van der Waals surface area contributed by atoms with Crippen molar-refractivity contribution in [2.45, 2.75) is 157 Å². The van der Waals surface area contributed by atoms with E-state index in [-0.39, 0.29) is 23.5 Å². The molecule has 5 atom stereocenters. The summed E-state index contributed by atoms with van der Waals surface area (Å²) in [6.07, 6.45) is 21.4. The largest absolute Gasteiger partial charge is 0.393 e. The Morgan fingerprint density at radius 2 is 1.42 bits per heavy atom. The highest BCUT2D eigenvalue weighted by Gasteiger charge is 2.30. The number of aliphatic hydroxyl groups is 2. The van der Waals surface area contributed by atoms with E-state index in [4.69, 9.17) is 5.73 Å². The molecule has 0 aromatic heterocycles. The summed E-state index contributed by atoms with van der Waals surface area (Å²) in [5.74, 6) is 1.61. The van der Waals surface area contributed by atoms with Crippen molar-refractivity contribution in [1.82, 2.24) is 0 Å². The quantitative estimate of drug-likeness (QED) is 0.115. The zero-order valence-corrected chi connectivity index (χ0v) is 26.8. The molecule has 224 valence electrons. The minimum Gasteiger partial charge on any atom is -0.393 e. The highest BCUT2D eigenvalue weighted by Crippen LogP contribution is 2.36. The second kappa shape index (κ2) is 20.0. The zero-order valence-electron chi connectivity index (χ0n) is 26.8. The lowest BCUT2D eigenvalue weighted by Crippen LogP contribution is -2.36. The Kier molecular flexibility index (Phi) is 19.6. The van der Waals surface area contributed by atoms with Crippen LogP contribution in [0, 0.1) is 22.7 Å². The Morgan fingerprint density at radius 3 is 2.00 bits per heavy atom. The highest BCUT2D eigenvalue weighted by atomic mass is 16.3. The van der Waals surface area contributed by atoms with Gasteiger partial charge in [0, 0.05) is 12.0 Å². The molecule has 0 heterocycles. The fraction of sp³-hybridized carbons (Fsp3) is 0.829. The molecule has 0 aromatic rings. The van der Waals surface area contributed by atoms with Crippen LogP contribution in [0.2, 0.25) is 0 Å². The van der Waals surface area contributed by atoms with Crippen LogP contribution < -0.4 is 5.73 Å². The second-order valence-corrected chi connectivity index (χ2v) is 13.4. The van der Waals surface area contributed by atoms with Crippen LogP contribution in [0.4, 0.5) is 0 Å². The number of hydrogen-bond acceptors (Lipinski definition) is 3. The summed E-state index contributed by atoms with van der Waals surface area (Å²) >= 11 is 0. The van der Waals surface area contributed by atoms with Crippen LogP contribution in [-0.4, -0.2) is 29.0 Å². The lowest BCUT2D eigenvalue weighted by molar-refractivity contribution is 0.0175. The van der Waals surface area contributed by atoms with Crippen LogP contribution in [0.15, 0.2) is 36.0 Å². The normalized spacial score (nSPS) is 18.6. The van der Waals surface area contributed by atoms with Gasteiger partial charge in [0.1, 0.15) is 0 Å². The Morgan fingerprint density at radius 1 is 0.816 bits per heavy atom. The van der Waals surface area contributed by atoms with Gasteiger partial charge >= 0.3 is 0 Å². The van der Waals surface area contributed by atoms with Crippen LogP contribution in [0.5, 0.6) is 0 Å². The summed E-state index contributed by atoms with van der Waals surface area (Å²) in [4.78, 5) is 0. The van der Waals surface area contributed by atoms with E-state index in [1.54, 1.807) is 0 Å². The van der Waals surface area contributed by atoms with E-state index in [2.05, 4.69) is 67.2 Å². The Balaban J connectivity index is 4.38. The van der Waals surface area contributed by atoms with Crippen molar-refractivity contribution in [2.24, 2.45) is 28.4 Å². The summed E-state index contributed by atoms with van der Waals surface area (Å²) in [5, 5.41) is 21.2. The van der Waals surface area contributed by atoms with Gasteiger partial charge in [0.05, 0.1) is 12.2 Å². The van der Waals surface area contributed by atoms with Gasteiger partial charge in [0.25, 0.3) is 0 Å². The van der Waals surface area contributed by atoms with Gasteiger partial charge in [-0.2, -0.15) is 0 Å². The molecule has 3 heteroatoms. The van der Waals surface area contributed by atoms with E-state index in [9.17, 15) is 10.2 Å². The summed E-state index contributed by atoms with van der Waals surface area (Å²) in [6.45, 7) is 22.2. The van der Waals surface area contributed by atoms with Gasteiger partial charge in [0.2, 0.25) is 0 Å². The molecule has 0 aliphatic rings. The SMILES string of the molecule is C=CC(C)(CC/C=C(\C)CC/C=C(\C)CCCC(O)C(C)(CC)CCCC(C)CCCC(C)C)C(O)CN. The third kappa shape index (κ3) is 15.6. The van der Waals surface area contributed by atoms with Gasteiger partial charge in [-0.25, -0.2) is 0 Å². The van der Waals surface area contributed by atoms with Crippen molar-refractivity contribution in [3.63, 3.8) is 0 Å². The average molecular weight is 534 g/mol. The van der Waals surface area contributed by atoms with Crippen LogP contribution in [0.25, 0.3) is 0 Å². The van der Waals surface area contributed by atoms with Crippen LogP contribution in [-0.2, 0) is 0 Å². The second-order valence-electron chi connectivity index (χ2n) is 13.4. The Labute approximate surface area is 238 Å². The van der Waals surface area contributed by atoms with E-state index in [0.29, 0.717) is 0 Å². The maximum atomic E-state index is 11.0. The summed E-state index contributed by atoms with van der Waals surface area (Å²) in [5.41, 5.74) is 8.20. The molecule has 0 saturated heterocycles. The maximum Gasteiger partial charge on any atom is 0.0750 e. The molecule has 3 nitrogen and oxygen atoms in total. The van der Waals surface area contributed by atoms with Crippen molar-refractivity contribution >= 4 is 0 Å². The third-order valence-corrected chi connectivity index (χ3v) is 9.24. The fourth-order valence-electron chi connectivity index (χ4n) is 5.43. The van der Waals surface area contributed by atoms with Crippen LogP contribution in [0.3, 0.4) is 0 Å². The first-order chi connectivity index (χ1) is 17.8. The van der Waals surface area contributed by atoms with Gasteiger partial charge in [-0.3, -0.25) is 0 Å². The predicted molar refractivity (Wildman–Crippen MR) is 169 cm³/mol. The number of rotatable bonds is 23. The first kappa shape index (κ1) is 37.1. The van der Waals surface area contributed by atoms with Crippen LogP contribution in [0.1, 0.15) is 145 Å². The number of hydrogen-bond donors (Lipinski definition) is 3. The molecule has 0 bridgehead atoms. The van der Waals surface area contributed by atoms with E-state index in [0.717, 1.165) is 69.6 Å². The maximum absolute atomic E-state index is 11.0. The van der Waals surface area contributed by atoms with E-state index < -0.39 is 6.10 Å². The van der Waals surface area contributed by atoms with Gasteiger partial charge < -0.3 is 15.9 Å². The zero-order chi connectivity index (χ0) is 29.2. The molecule has 0 rings (SSSR count). The van der Waals surface area contributed by atoms with E-state index in [1.807, 2.05) is 13.0 Å². The smallest absolute Gasteiger partial charge is 0.0750 e. The third-order valence-electron chi connectivity index (χ3n) is 9.24. The molecule has 38 heavy (non-hydrogen) atoms. The minimum absolute atomic E-state index is 0.0407. The molecular weight excluding hydrogens is 466 g/mol. The fourth-order valence-corrected chi connectivity index (χ4v) is 5.43. The lowest BCUT2D eigenvalue weighted by Gasteiger charge is -2.34. The molecule has 5 unspecified atom stereocenters. The number of aliphatic hydroxyl groups excluding tert-OH is 2. The van der Waals surface area contributed by atoms with Gasteiger partial charge in [0.15, 0.2) is 0 Å². The molecule has 0 radical (unpaired) electrons. The summed E-state index contributed by atoms with van der Waals surface area (Å²) in [7, 11) is 0. The highest BCUT2D eigenvalue weighted by molar-refractivity contribution is 5.05. The van der Waals surface area contributed by atoms with Crippen molar-refractivity contribution in [3.05, 3.63) is 36.0 Å². The summed E-state index contributed by atoms with van der Waals surface area (Å²) in [6, 6.07) is 0. The lowest BCUT2D eigenvalue weighted by atomic mass is 9.75. The molecule has 0 amide bonds. The Bertz CT molecular complexity index is 681. The molecule has 4 N–H and O–H groups in total. The van der Waals surface area contributed by atoms with Gasteiger partial charge in [-0.15, -0.1) is 6.58 Å². The Hall–Kier alpha value is -0.900. The van der Waals surface area contributed by atoms with Crippen molar-refractivity contribution in [2.75, 3.05) is 6.54 Å². The molecule has 0 saturated carbocycles. The minimum atomic E-state index is -0.541. The first-order valence-electron chi connectivity index (χ1n) is 15.8. The first-order valence-corrected chi connectivity index (χ1v) is 15.8. The number of allylic oxidation sites excluding steroid dienone is 4. The van der Waals surface area contributed by atoms with Crippen molar-refractivity contribution in [3.8, 4) is 0 Å². The molecule has 0 aliphatic heterocycles. The van der Waals surface area contributed by atoms with E-state index >= 15 is 0 Å².